The Morgan fingerprint density at radius 2 is 1.84 bits per heavy atom. The first-order valence-corrected chi connectivity index (χ1v) is 10.9. The normalized spacial score (nSPS) is 15.6. The maximum atomic E-state index is 13.2. The van der Waals surface area contributed by atoms with Gasteiger partial charge in [-0.3, -0.25) is 4.98 Å². The highest BCUT2D eigenvalue weighted by atomic mass is 16.3. The number of urea groups is 1. The van der Waals surface area contributed by atoms with E-state index in [2.05, 4.69) is 22.3 Å². The molecule has 3 aromatic rings. The largest absolute Gasteiger partial charge is 0.389 e. The Morgan fingerprint density at radius 3 is 2.56 bits per heavy atom. The molecule has 1 fully saturated rings. The fraction of sp³-hybridized carbons (Fsp3) is 0.308. The molecule has 0 atom stereocenters. The zero-order valence-electron chi connectivity index (χ0n) is 18.5. The molecule has 32 heavy (non-hydrogen) atoms. The van der Waals surface area contributed by atoms with Crippen LogP contribution in [0.4, 0.5) is 10.5 Å². The number of pyridine rings is 1. The second-order valence-corrected chi connectivity index (χ2v) is 8.27. The van der Waals surface area contributed by atoms with Gasteiger partial charge < -0.3 is 10.4 Å². The van der Waals surface area contributed by atoms with E-state index in [1.807, 2.05) is 72.6 Å². The average molecular weight is 429 g/mol. The van der Waals surface area contributed by atoms with Gasteiger partial charge in [0.2, 0.25) is 0 Å². The van der Waals surface area contributed by atoms with Crippen LogP contribution in [-0.2, 0) is 6.42 Å². The van der Waals surface area contributed by atoms with Crippen LogP contribution in [0.5, 0.6) is 0 Å². The van der Waals surface area contributed by atoms with E-state index in [4.69, 9.17) is 0 Å². The Hall–Kier alpha value is -3.40. The summed E-state index contributed by atoms with van der Waals surface area (Å²) < 4.78 is 0. The van der Waals surface area contributed by atoms with E-state index >= 15 is 0 Å². The summed E-state index contributed by atoms with van der Waals surface area (Å²) >= 11 is 0. The van der Waals surface area contributed by atoms with Crippen molar-refractivity contribution in [3.8, 4) is 12.0 Å². The number of fused-ring (bicyclic) bond motifs is 1. The lowest BCUT2D eigenvalue weighted by molar-refractivity contribution is -0.0589. The fourth-order valence-electron chi connectivity index (χ4n) is 4.20. The molecule has 1 aromatic heterocycles. The summed E-state index contributed by atoms with van der Waals surface area (Å²) in [4.78, 5) is 17.7. The maximum Gasteiger partial charge on any atom is 0.348 e. The Balaban J connectivity index is 1.47. The Kier molecular flexibility index (Phi) is 6.40. The molecule has 0 bridgehead atoms. The number of hydrazine groups is 1. The van der Waals surface area contributed by atoms with Crippen LogP contribution in [-0.4, -0.2) is 44.8 Å². The van der Waals surface area contributed by atoms with Gasteiger partial charge in [-0.2, -0.15) is 5.01 Å². The molecule has 2 aromatic carbocycles. The van der Waals surface area contributed by atoms with E-state index in [0.717, 1.165) is 22.2 Å². The van der Waals surface area contributed by atoms with E-state index in [9.17, 15) is 9.90 Å². The number of carbonyl (C=O) groups excluding carboxylic acids is 1. The first-order chi connectivity index (χ1) is 15.5. The van der Waals surface area contributed by atoms with Gasteiger partial charge in [-0.25, -0.2) is 9.80 Å². The van der Waals surface area contributed by atoms with Gasteiger partial charge in [0.1, 0.15) is 0 Å². The topological polar surface area (TPSA) is 68.7 Å². The monoisotopic (exact) mass is 428 g/mol. The molecule has 0 aliphatic carbocycles. The van der Waals surface area contributed by atoms with Gasteiger partial charge in [-0.05, 0) is 44.4 Å². The molecule has 0 saturated carbocycles. The molecular formula is C26H28N4O2. The number of anilines is 1. The maximum absolute atomic E-state index is 13.2. The Morgan fingerprint density at radius 1 is 1.16 bits per heavy atom. The summed E-state index contributed by atoms with van der Waals surface area (Å²) in [6.07, 6.45) is 1.73. The SMILES string of the molecule is CC#CN(C(=O)Nc1cc(C)nc2ccccc12)N1CCC(O)(Cc2ccccc2)CC1. The molecule has 0 spiro atoms. The van der Waals surface area contributed by atoms with E-state index in [-0.39, 0.29) is 6.03 Å². The molecule has 0 radical (unpaired) electrons. The van der Waals surface area contributed by atoms with Crippen LogP contribution >= 0.6 is 0 Å². The minimum Gasteiger partial charge on any atom is -0.389 e. The van der Waals surface area contributed by atoms with E-state index in [0.29, 0.717) is 38.0 Å². The van der Waals surface area contributed by atoms with Crippen molar-refractivity contribution in [1.29, 1.82) is 0 Å². The van der Waals surface area contributed by atoms with E-state index in [1.54, 1.807) is 6.92 Å². The summed E-state index contributed by atoms with van der Waals surface area (Å²) in [6.45, 7) is 4.70. The van der Waals surface area contributed by atoms with Crippen LogP contribution in [0.15, 0.2) is 60.7 Å². The standard InChI is InChI=1S/C26H28N4O2/c1-3-15-30(25(31)28-24-18-20(2)27-23-12-8-7-11-22(23)24)29-16-13-26(32,14-17-29)19-21-9-5-4-6-10-21/h4-12,18,32H,13-14,16-17,19H2,1-2H3,(H,27,28,31). The molecular weight excluding hydrogens is 400 g/mol. The van der Waals surface area contributed by atoms with Gasteiger partial charge in [0, 0.05) is 36.6 Å². The number of nitrogens with one attached hydrogen (secondary N) is 1. The van der Waals surface area contributed by atoms with Crippen molar-refractivity contribution >= 4 is 22.6 Å². The minimum absolute atomic E-state index is 0.316. The van der Waals surface area contributed by atoms with Crippen LogP contribution in [0.1, 0.15) is 31.0 Å². The minimum atomic E-state index is -0.780. The number of aliphatic hydroxyl groups is 1. The smallest absolute Gasteiger partial charge is 0.348 e. The first kappa shape index (κ1) is 21.8. The lowest BCUT2D eigenvalue weighted by Crippen LogP contribution is -2.53. The molecule has 1 saturated heterocycles. The number of hydrogen-bond donors (Lipinski definition) is 2. The van der Waals surface area contributed by atoms with Crippen LogP contribution < -0.4 is 5.32 Å². The van der Waals surface area contributed by atoms with Crippen molar-refractivity contribution in [3.63, 3.8) is 0 Å². The van der Waals surface area contributed by atoms with Gasteiger partial charge >= 0.3 is 6.03 Å². The molecule has 6 heteroatoms. The molecule has 4 rings (SSSR count). The molecule has 1 aliphatic rings. The summed E-state index contributed by atoms with van der Waals surface area (Å²) in [5, 5.41) is 18.3. The van der Waals surface area contributed by atoms with Gasteiger partial charge in [0.15, 0.2) is 0 Å². The van der Waals surface area contributed by atoms with Crippen LogP contribution in [0.3, 0.4) is 0 Å². The highest BCUT2D eigenvalue weighted by Gasteiger charge is 2.35. The fourth-order valence-corrected chi connectivity index (χ4v) is 4.20. The molecule has 2 amide bonds. The summed E-state index contributed by atoms with van der Waals surface area (Å²) in [6, 6.07) is 22.2. The number of carbonyl (C=O) groups is 1. The molecule has 6 nitrogen and oxygen atoms in total. The van der Waals surface area contributed by atoms with Gasteiger partial charge in [0.25, 0.3) is 0 Å². The second kappa shape index (κ2) is 9.39. The number of hydrogen-bond acceptors (Lipinski definition) is 4. The van der Waals surface area contributed by atoms with Crippen LogP contribution in [0.2, 0.25) is 0 Å². The number of para-hydroxylation sites is 1. The highest BCUT2D eigenvalue weighted by molar-refractivity contribution is 6.00. The number of rotatable bonds is 4. The number of aryl methyl sites for hydroxylation is 1. The highest BCUT2D eigenvalue weighted by Crippen LogP contribution is 2.28. The molecule has 2 N–H and O–H groups in total. The van der Waals surface area contributed by atoms with E-state index in [1.165, 1.54) is 5.01 Å². The summed E-state index contributed by atoms with van der Waals surface area (Å²) in [5.41, 5.74) is 2.71. The van der Waals surface area contributed by atoms with Crippen molar-refractivity contribution in [2.75, 3.05) is 18.4 Å². The number of benzene rings is 2. The van der Waals surface area contributed by atoms with Gasteiger partial charge in [-0.15, -0.1) is 0 Å². The zero-order chi connectivity index (χ0) is 22.6. The third-order valence-electron chi connectivity index (χ3n) is 5.83. The molecule has 2 heterocycles. The van der Waals surface area contributed by atoms with Crippen molar-refractivity contribution in [2.24, 2.45) is 0 Å². The Bertz CT molecular complexity index is 1160. The zero-order valence-corrected chi connectivity index (χ0v) is 18.5. The predicted octanol–water partition coefficient (Wildman–Crippen LogP) is 4.34. The lowest BCUT2D eigenvalue weighted by Gasteiger charge is -2.40. The van der Waals surface area contributed by atoms with Crippen LogP contribution in [0, 0.1) is 18.9 Å². The summed E-state index contributed by atoms with van der Waals surface area (Å²) in [7, 11) is 0. The van der Waals surface area contributed by atoms with Crippen LogP contribution in [0.25, 0.3) is 10.9 Å². The van der Waals surface area contributed by atoms with Crippen molar-refractivity contribution in [1.82, 2.24) is 15.0 Å². The number of aromatic nitrogens is 1. The van der Waals surface area contributed by atoms with E-state index < -0.39 is 5.60 Å². The first-order valence-electron chi connectivity index (χ1n) is 10.9. The number of piperidine rings is 1. The third-order valence-corrected chi connectivity index (χ3v) is 5.83. The van der Waals surface area contributed by atoms with Gasteiger partial charge in [0.05, 0.1) is 16.8 Å². The second-order valence-electron chi connectivity index (χ2n) is 8.27. The molecule has 164 valence electrons. The van der Waals surface area contributed by atoms with Gasteiger partial charge in [-0.1, -0.05) is 54.5 Å². The molecule has 1 aliphatic heterocycles. The lowest BCUT2D eigenvalue weighted by atomic mass is 9.86. The summed E-state index contributed by atoms with van der Waals surface area (Å²) in [5.74, 6) is 2.84. The van der Waals surface area contributed by atoms with Crippen molar-refractivity contribution in [3.05, 3.63) is 71.9 Å². The van der Waals surface area contributed by atoms with Crippen molar-refractivity contribution in [2.45, 2.75) is 38.7 Å². The quantitative estimate of drug-likeness (QED) is 0.479. The van der Waals surface area contributed by atoms with Crippen molar-refractivity contribution < 1.29 is 9.90 Å². The molecule has 0 unspecified atom stereocenters. The average Bonchev–Trinajstić information content (AvgIpc) is 2.78. The number of amides is 2. The predicted molar refractivity (Wildman–Crippen MR) is 127 cm³/mol. The number of nitrogens with zero attached hydrogens (tertiary/aromatic N) is 3. The third kappa shape index (κ3) is 4.91. The Labute approximate surface area is 188 Å².